The number of nitrogens with zero attached hydrogens (tertiary/aromatic N) is 3. The van der Waals surface area contributed by atoms with Crippen LogP contribution in [0.1, 0.15) is 15.9 Å². The molecule has 0 aliphatic carbocycles. The predicted octanol–water partition coefficient (Wildman–Crippen LogP) is 4.84. The van der Waals surface area contributed by atoms with Gasteiger partial charge in [-0.2, -0.15) is 10.4 Å². The number of hydrogen-bond donors (Lipinski definition) is 1. The number of nitriles is 1. The first-order valence-corrected chi connectivity index (χ1v) is 12.0. The zero-order chi connectivity index (χ0) is 24.8. The van der Waals surface area contributed by atoms with Crippen molar-refractivity contribution >= 4 is 50.0 Å². The van der Waals surface area contributed by atoms with Crippen LogP contribution in [0.15, 0.2) is 48.5 Å². The number of halogens is 4. The highest BCUT2D eigenvalue weighted by Crippen LogP contribution is 2.34. The molecule has 1 heterocycles. The summed E-state index contributed by atoms with van der Waals surface area (Å²) in [6.07, 6.45) is 0.757. The molecule has 0 saturated carbocycles. The molecule has 0 aliphatic rings. The van der Waals surface area contributed by atoms with Gasteiger partial charge in [-0.3, -0.25) is 4.79 Å². The van der Waals surface area contributed by atoms with Crippen molar-refractivity contribution in [1.82, 2.24) is 14.5 Å². The van der Waals surface area contributed by atoms with E-state index in [0.717, 1.165) is 18.4 Å². The Hall–Kier alpha value is -3.52. The summed E-state index contributed by atoms with van der Waals surface area (Å²) < 4.78 is 54.5. The van der Waals surface area contributed by atoms with Gasteiger partial charge in [0, 0.05) is 17.0 Å². The Labute approximate surface area is 202 Å². The second-order valence-electron chi connectivity index (χ2n) is 7.23. The Kier molecular flexibility index (Phi) is 6.03. The van der Waals surface area contributed by atoms with Crippen molar-refractivity contribution in [2.24, 2.45) is 0 Å². The quantitative estimate of drug-likeness (QED) is 0.414. The third kappa shape index (κ3) is 4.46. The van der Waals surface area contributed by atoms with Crippen LogP contribution in [0.3, 0.4) is 0 Å². The van der Waals surface area contributed by atoms with E-state index in [-0.39, 0.29) is 27.0 Å². The third-order valence-corrected chi connectivity index (χ3v) is 5.97. The summed E-state index contributed by atoms with van der Waals surface area (Å²) in [6.45, 7) is 0. The minimum atomic E-state index is -3.91. The number of sulfonamides is 1. The van der Waals surface area contributed by atoms with Gasteiger partial charge in [-0.1, -0.05) is 29.3 Å². The molecule has 0 fully saturated rings. The molecule has 0 aliphatic heterocycles. The second-order valence-corrected chi connectivity index (χ2v) is 9.74. The van der Waals surface area contributed by atoms with E-state index < -0.39 is 33.1 Å². The molecule has 172 valence electrons. The van der Waals surface area contributed by atoms with Crippen LogP contribution in [0.2, 0.25) is 10.2 Å². The first-order chi connectivity index (χ1) is 16.0. The maximum absolute atomic E-state index is 14.7. The van der Waals surface area contributed by atoms with Gasteiger partial charge >= 0.3 is 0 Å². The molecular weight excluding hydrogens is 509 g/mol. The Morgan fingerprint density at radius 2 is 1.82 bits per heavy atom. The van der Waals surface area contributed by atoms with Crippen LogP contribution in [-0.2, 0) is 10.0 Å². The Morgan fingerprint density at radius 1 is 1.09 bits per heavy atom. The maximum atomic E-state index is 14.7. The fourth-order valence-corrected chi connectivity index (χ4v) is 4.26. The van der Waals surface area contributed by atoms with E-state index in [0.29, 0.717) is 16.5 Å². The number of aromatic nitrogens is 2. The van der Waals surface area contributed by atoms with Crippen molar-refractivity contribution in [3.05, 3.63) is 81.5 Å². The lowest BCUT2D eigenvalue weighted by atomic mass is 10.0. The lowest BCUT2D eigenvalue weighted by molar-refractivity contribution is 0.0978. The molecule has 0 bridgehead atoms. The number of rotatable bonds is 4. The predicted molar refractivity (Wildman–Crippen MR) is 123 cm³/mol. The van der Waals surface area contributed by atoms with Gasteiger partial charge in [-0.25, -0.2) is 26.6 Å². The van der Waals surface area contributed by atoms with E-state index in [1.807, 2.05) is 6.07 Å². The molecule has 0 radical (unpaired) electrons. The van der Waals surface area contributed by atoms with Crippen molar-refractivity contribution in [2.45, 2.75) is 0 Å². The lowest BCUT2D eigenvalue weighted by Gasteiger charge is -2.10. The highest BCUT2D eigenvalue weighted by Gasteiger charge is 2.21. The largest absolute Gasteiger partial charge is 0.268 e. The van der Waals surface area contributed by atoms with E-state index in [4.69, 9.17) is 28.5 Å². The third-order valence-electron chi connectivity index (χ3n) is 4.83. The number of carbonyl (C=O) groups is 1. The zero-order valence-electron chi connectivity index (χ0n) is 17.1. The van der Waals surface area contributed by atoms with Gasteiger partial charge in [0.15, 0.2) is 5.15 Å². The zero-order valence-corrected chi connectivity index (χ0v) is 19.4. The number of nitrogens with one attached hydrogen (secondary N) is 1. The number of benzene rings is 3. The van der Waals surface area contributed by atoms with E-state index in [2.05, 4.69) is 5.10 Å². The van der Waals surface area contributed by atoms with Crippen LogP contribution >= 0.6 is 23.2 Å². The average molecular weight is 521 g/mol. The van der Waals surface area contributed by atoms with Crippen LogP contribution in [-0.4, -0.2) is 30.4 Å². The monoisotopic (exact) mass is 520 g/mol. The van der Waals surface area contributed by atoms with E-state index in [1.54, 1.807) is 22.9 Å². The first-order valence-electron chi connectivity index (χ1n) is 9.38. The standard InChI is InChI=1S/C22H12Cl2F2N4O3S/c1-34(32,33)29-22(31)14-8-16(23)20(9-18(14)26)30-19-5-3-12(7-15(19)21(24)28-30)13-6-11(10-27)2-4-17(13)25/h2-9H,1H3,(H,29,31). The SMILES string of the molecule is CS(=O)(=O)NC(=O)c1cc(Cl)c(-n2nc(Cl)c3cc(-c4cc(C#N)ccc4F)ccc32)cc1F. The molecule has 4 aromatic rings. The van der Waals surface area contributed by atoms with Gasteiger partial charge in [-0.15, -0.1) is 0 Å². The van der Waals surface area contributed by atoms with Gasteiger partial charge < -0.3 is 0 Å². The van der Waals surface area contributed by atoms with E-state index in [9.17, 15) is 22.0 Å². The smallest absolute Gasteiger partial charge is 0.267 e. The number of carbonyl (C=O) groups excluding carboxylic acids is 1. The Morgan fingerprint density at radius 3 is 2.50 bits per heavy atom. The summed E-state index contributed by atoms with van der Waals surface area (Å²) in [4.78, 5) is 12.1. The van der Waals surface area contributed by atoms with Gasteiger partial charge in [0.25, 0.3) is 5.91 Å². The van der Waals surface area contributed by atoms with Gasteiger partial charge in [-0.05, 0) is 42.0 Å². The van der Waals surface area contributed by atoms with E-state index in [1.165, 1.54) is 22.9 Å². The molecule has 12 heteroatoms. The van der Waals surface area contributed by atoms with Crippen molar-refractivity contribution in [2.75, 3.05) is 6.26 Å². The summed E-state index contributed by atoms with van der Waals surface area (Å²) in [7, 11) is -3.91. The number of fused-ring (bicyclic) bond motifs is 1. The lowest BCUT2D eigenvalue weighted by Crippen LogP contribution is -2.30. The number of hydrogen-bond acceptors (Lipinski definition) is 5. The minimum Gasteiger partial charge on any atom is -0.268 e. The highest BCUT2D eigenvalue weighted by atomic mass is 35.5. The van der Waals surface area contributed by atoms with Crippen LogP contribution in [0.5, 0.6) is 0 Å². The van der Waals surface area contributed by atoms with Crippen molar-refractivity contribution in [3.8, 4) is 22.9 Å². The Bertz CT molecular complexity index is 1650. The van der Waals surface area contributed by atoms with Crippen LogP contribution < -0.4 is 4.72 Å². The summed E-state index contributed by atoms with van der Waals surface area (Å²) in [5.74, 6) is -2.75. The molecular formula is C22H12Cl2F2N4O3S. The molecule has 1 aromatic heterocycles. The molecule has 4 rings (SSSR count). The molecule has 0 atom stereocenters. The average Bonchev–Trinajstić information content (AvgIpc) is 3.10. The maximum Gasteiger partial charge on any atom is 0.267 e. The molecule has 0 spiro atoms. The summed E-state index contributed by atoms with van der Waals surface area (Å²) in [5, 5.41) is 13.6. The first kappa shape index (κ1) is 23.6. The van der Waals surface area contributed by atoms with Gasteiger partial charge in [0.1, 0.15) is 11.6 Å². The van der Waals surface area contributed by atoms with Crippen LogP contribution in [0.4, 0.5) is 8.78 Å². The summed E-state index contributed by atoms with van der Waals surface area (Å²) in [5.41, 5.74) is 0.777. The highest BCUT2D eigenvalue weighted by molar-refractivity contribution is 7.89. The fraction of sp³-hybridized carbons (Fsp3) is 0.0455. The van der Waals surface area contributed by atoms with E-state index >= 15 is 0 Å². The van der Waals surface area contributed by atoms with Crippen molar-refractivity contribution in [3.63, 3.8) is 0 Å². The fourth-order valence-electron chi connectivity index (χ4n) is 3.34. The van der Waals surface area contributed by atoms with Gasteiger partial charge in [0.05, 0.1) is 39.7 Å². The molecule has 0 saturated heterocycles. The summed E-state index contributed by atoms with van der Waals surface area (Å²) >= 11 is 12.5. The molecule has 34 heavy (non-hydrogen) atoms. The minimum absolute atomic E-state index is 0.0177. The molecule has 1 amide bonds. The Balaban J connectivity index is 1.82. The summed E-state index contributed by atoms with van der Waals surface area (Å²) in [6, 6.07) is 12.5. The van der Waals surface area contributed by atoms with Crippen LogP contribution in [0, 0.1) is 23.0 Å². The van der Waals surface area contributed by atoms with Gasteiger partial charge in [0.2, 0.25) is 10.0 Å². The molecule has 3 aromatic carbocycles. The second kappa shape index (κ2) is 8.68. The molecule has 7 nitrogen and oxygen atoms in total. The number of amides is 1. The normalized spacial score (nSPS) is 11.4. The molecule has 1 N–H and O–H groups in total. The van der Waals surface area contributed by atoms with Crippen molar-refractivity contribution in [1.29, 1.82) is 5.26 Å². The van der Waals surface area contributed by atoms with Crippen molar-refractivity contribution < 1.29 is 22.0 Å². The molecule has 0 unspecified atom stereocenters. The topological polar surface area (TPSA) is 105 Å². The van der Waals surface area contributed by atoms with Crippen LogP contribution in [0.25, 0.3) is 27.7 Å².